The summed E-state index contributed by atoms with van der Waals surface area (Å²) in [5.74, 6) is 0. The van der Waals surface area contributed by atoms with Gasteiger partial charge in [-0.1, -0.05) is 133 Å². The van der Waals surface area contributed by atoms with Crippen molar-refractivity contribution in [3.8, 4) is 28.2 Å². The summed E-state index contributed by atoms with van der Waals surface area (Å²) >= 11 is 0. The van der Waals surface area contributed by atoms with E-state index < -0.39 is 0 Å². The first-order valence-electron chi connectivity index (χ1n) is 18.9. The van der Waals surface area contributed by atoms with E-state index in [0.29, 0.717) is 0 Å². The predicted molar refractivity (Wildman–Crippen MR) is 232 cm³/mol. The van der Waals surface area contributed by atoms with Crippen molar-refractivity contribution in [2.45, 2.75) is 0 Å². The second-order valence-electron chi connectivity index (χ2n) is 14.6. The maximum absolute atomic E-state index is 2.47. The molecule has 0 aliphatic heterocycles. The zero-order valence-electron chi connectivity index (χ0n) is 29.9. The maximum Gasteiger partial charge on any atom is 0.0562 e. The van der Waals surface area contributed by atoms with E-state index in [1.807, 2.05) is 0 Å². The molecule has 0 amide bonds. The van der Waals surface area contributed by atoms with Crippen LogP contribution in [0.3, 0.4) is 0 Å². The van der Waals surface area contributed by atoms with Crippen LogP contribution >= 0.6 is 0 Å². The van der Waals surface area contributed by atoms with Gasteiger partial charge in [0.15, 0.2) is 0 Å². The van der Waals surface area contributed by atoms with E-state index in [1.54, 1.807) is 0 Å². The minimum atomic E-state index is 1.15. The summed E-state index contributed by atoms with van der Waals surface area (Å²) < 4.78 is 7.34. The average molecular weight is 700 g/mol. The summed E-state index contributed by atoms with van der Waals surface area (Å²) in [7, 11) is 0. The van der Waals surface area contributed by atoms with Gasteiger partial charge in [0.05, 0.1) is 38.8 Å². The first kappa shape index (κ1) is 30.1. The molecular weight excluding hydrogens is 667 g/mol. The third-order valence-electron chi connectivity index (χ3n) is 11.6. The van der Waals surface area contributed by atoms with Gasteiger partial charge in [-0.2, -0.15) is 0 Å². The fraction of sp³-hybridized carbons (Fsp3) is 0. The summed E-state index contributed by atoms with van der Waals surface area (Å²) in [6.45, 7) is 0. The van der Waals surface area contributed by atoms with E-state index in [-0.39, 0.29) is 0 Å². The molecule has 9 aromatic carbocycles. The Kier molecular flexibility index (Phi) is 6.34. The number of aromatic nitrogens is 3. The van der Waals surface area contributed by atoms with Crippen LogP contribution in [0.4, 0.5) is 0 Å². The zero-order valence-corrected chi connectivity index (χ0v) is 29.9. The molecular formula is C52H33N3. The van der Waals surface area contributed by atoms with Gasteiger partial charge in [0.2, 0.25) is 0 Å². The third-order valence-corrected chi connectivity index (χ3v) is 11.6. The molecule has 0 bridgehead atoms. The summed E-state index contributed by atoms with van der Waals surface area (Å²) in [6, 6.07) is 73.2. The smallest absolute Gasteiger partial charge is 0.0562 e. The summed E-state index contributed by atoms with van der Waals surface area (Å²) in [5, 5.41) is 9.98. The molecule has 0 radical (unpaired) electrons. The summed E-state index contributed by atoms with van der Waals surface area (Å²) in [6.07, 6.45) is 0. The fourth-order valence-electron chi connectivity index (χ4n) is 9.18. The lowest BCUT2D eigenvalue weighted by molar-refractivity contribution is 1.16. The second kappa shape index (κ2) is 11.6. The topological polar surface area (TPSA) is 14.8 Å². The maximum atomic E-state index is 2.47. The molecule has 0 fully saturated rings. The number of rotatable bonds is 4. The Morgan fingerprint density at radius 1 is 0.236 bits per heavy atom. The van der Waals surface area contributed by atoms with Crippen LogP contribution in [0.15, 0.2) is 200 Å². The molecule has 3 aromatic heterocycles. The van der Waals surface area contributed by atoms with Crippen LogP contribution in [0.1, 0.15) is 0 Å². The van der Waals surface area contributed by atoms with Crippen LogP contribution in [0.5, 0.6) is 0 Å². The van der Waals surface area contributed by atoms with Gasteiger partial charge >= 0.3 is 0 Å². The van der Waals surface area contributed by atoms with E-state index in [9.17, 15) is 0 Å². The molecule has 3 heterocycles. The van der Waals surface area contributed by atoms with E-state index in [4.69, 9.17) is 0 Å². The van der Waals surface area contributed by atoms with Gasteiger partial charge in [-0.3, -0.25) is 0 Å². The number of para-hydroxylation sites is 3. The van der Waals surface area contributed by atoms with Crippen LogP contribution in [-0.2, 0) is 0 Å². The van der Waals surface area contributed by atoms with Gasteiger partial charge < -0.3 is 13.7 Å². The lowest BCUT2D eigenvalue weighted by Gasteiger charge is -2.13. The van der Waals surface area contributed by atoms with Gasteiger partial charge in [-0.15, -0.1) is 0 Å². The number of hydrogen-bond acceptors (Lipinski definition) is 0. The van der Waals surface area contributed by atoms with E-state index in [1.165, 1.54) is 93.0 Å². The van der Waals surface area contributed by atoms with Gasteiger partial charge in [0.25, 0.3) is 0 Å². The molecule has 0 spiro atoms. The number of hydrogen-bond donors (Lipinski definition) is 0. The molecule has 12 aromatic rings. The highest BCUT2D eigenvalue weighted by Crippen LogP contribution is 2.42. The first-order chi connectivity index (χ1) is 27.3. The van der Waals surface area contributed by atoms with Crippen molar-refractivity contribution in [1.82, 2.24) is 13.7 Å². The molecule has 0 N–H and O–H groups in total. The first-order valence-corrected chi connectivity index (χ1v) is 18.9. The highest BCUT2D eigenvalue weighted by Gasteiger charge is 2.20. The van der Waals surface area contributed by atoms with E-state index in [2.05, 4.69) is 214 Å². The Morgan fingerprint density at radius 2 is 0.709 bits per heavy atom. The molecule has 0 aliphatic rings. The normalized spacial score (nSPS) is 12.0. The molecule has 0 saturated carbocycles. The zero-order chi connectivity index (χ0) is 36.0. The Labute approximate surface area is 317 Å². The van der Waals surface area contributed by atoms with Crippen LogP contribution in [0, 0.1) is 0 Å². The minimum absolute atomic E-state index is 1.15. The van der Waals surface area contributed by atoms with E-state index in [0.717, 1.165) is 11.4 Å². The second-order valence-corrected chi connectivity index (χ2v) is 14.6. The van der Waals surface area contributed by atoms with Crippen LogP contribution in [0.25, 0.3) is 104 Å². The van der Waals surface area contributed by atoms with Gasteiger partial charge in [0, 0.05) is 49.1 Å². The summed E-state index contributed by atoms with van der Waals surface area (Å²) in [5.41, 5.74) is 13.1. The number of fused-ring (bicyclic) bond motifs is 10. The molecule has 12 rings (SSSR count). The largest absolute Gasteiger partial charge is 0.309 e. The third kappa shape index (κ3) is 4.38. The monoisotopic (exact) mass is 699 g/mol. The highest BCUT2D eigenvalue weighted by molar-refractivity contribution is 6.20. The molecule has 0 unspecified atom stereocenters. The molecule has 256 valence electrons. The van der Waals surface area contributed by atoms with Crippen LogP contribution in [-0.4, -0.2) is 13.7 Å². The number of benzene rings is 9. The minimum Gasteiger partial charge on any atom is -0.309 e. The Morgan fingerprint density at radius 3 is 1.40 bits per heavy atom. The highest BCUT2D eigenvalue weighted by atomic mass is 15.0. The van der Waals surface area contributed by atoms with Crippen LogP contribution < -0.4 is 0 Å². The standard InChI is InChI=1S/C52H33N3/c1-2-13-34(14-3-1)35-25-27-37(28-26-35)53-47-21-9-6-18-40(47)43-31-38(29-30-50(43)53)54-48-22-10-7-19-41(48)44-32-45-42-20-8-11-23-49(42)55(52(45)33-51(44)54)46-24-12-16-36-15-4-5-17-39(36)46/h1-33H. The lowest BCUT2D eigenvalue weighted by atomic mass is 10.1. The van der Waals surface area contributed by atoms with E-state index >= 15 is 0 Å². The van der Waals surface area contributed by atoms with Crippen molar-refractivity contribution in [3.05, 3.63) is 200 Å². The SMILES string of the molecule is c1ccc(-c2ccc(-n3c4ccccc4c4cc(-n5c6ccccc6c6cc7c8ccccc8n(-c8cccc9ccccc89)c7cc65)ccc43)cc2)cc1. The van der Waals surface area contributed by atoms with Gasteiger partial charge in [-0.05, 0) is 83.2 Å². The molecule has 55 heavy (non-hydrogen) atoms. The average Bonchev–Trinajstić information content (AvgIpc) is 3.88. The fourth-order valence-corrected chi connectivity index (χ4v) is 9.18. The Bertz CT molecular complexity index is 3460. The molecule has 0 aliphatic carbocycles. The van der Waals surface area contributed by atoms with Gasteiger partial charge in [0.1, 0.15) is 0 Å². The van der Waals surface area contributed by atoms with Crippen LogP contribution in [0.2, 0.25) is 0 Å². The Balaban J connectivity index is 1.12. The van der Waals surface area contributed by atoms with Crippen molar-refractivity contribution in [1.29, 1.82) is 0 Å². The van der Waals surface area contributed by atoms with Crippen molar-refractivity contribution in [2.24, 2.45) is 0 Å². The lowest BCUT2D eigenvalue weighted by Crippen LogP contribution is -1.97. The predicted octanol–water partition coefficient (Wildman–Crippen LogP) is 13.8. The van der Waals surface area contributed by atoms with Gasteiger partial charge in [-0.25, -0.2) is 0 Å². The summed E-state index contributed by atoms with van der Waals surface area (Å²) in [4.78, 5) is 0. The van der Waals surface area contributed by atoms with Crippen molar-refractivity contribution < 1.29 is 0 Å². The quantitative estimate of drug-likeness (QED) is 0.174. The molecule has 3 heteroatoms. The number of nitrogens with zero attached hydrogens (tertiary/aromatic N) is 3. The molecule has 3 nitrogen and oxygen atoms in total. The molecule has 0 atom stereocenters. The molecule has 0 saturated heterocycles. The van der Waals surface area contributed by atoms with Crippen molar-refractivity contribution in [2.75, 3.05) is 0 Å². The Hall–Kier alpha value is -7.36. The van der Waals surface area contributed by atoms with Crippen molar-refractivity contribution in [3.63, 3.8) is 0 Å². The van der Waals surface area contributed by atoms with Crippen molar-refractivity contribution >= 4 is 76.2 Å².